The minimum Gasteiger partial charge on any atom is -0.496 e. The zero-order valence-electron chi connectivity index (χ0n) is 25.7. The number of amides is 2. The van der Waals surface area contributed by atoms with Gasteiger partial charge in [-0.3, -0.25) is 14.2 Å². The number of rotatable bonds is 13. The van der Waals surface area contributed by atoms with Gasteiger partial charge in [-0.25, -0.2) is 14.0 Å². The van der Waals surface area contributed by atoms with E-state index in [1.807, 2.05) is 0 Å². The smallest absolute Gasteiger partial charge is 0.348 e. The Morgan fingerprint density at radius 2 is 1.67 bits per heavy atom. The number of benzene rings is 2. The van der Waals surface area contributed by atoms with E-state index in [2.05, 4.69) is 20.8 Å². The summed E-state index contributed by atoms with van der Waals surface area (Å²) in [6, 6.07) is 12.3. The Labute approximate surface area is 272 Å². The Morgan fingerprint density at radius 1 is 1.00 bits per heavy atom. The van der Waals surface area contributed by atoms with E-state index < -0.39 is 34.8 Å². The highest BCUT2D eigenvalue weighted by Crippen LogP contribution is 2.35. The number of aromatic nitrogens is 3. The number of para-hydroxylation sites is 1. The van der Waals surface area contributed by atoms with Gasteiger partial charge in [0.1, 0.15) is 21.4 Å². The lowest BCUT2D eigenvalue weighted by Gasteiger charge is -2.14. The van der Waals surface area contributed by atoms with Crippen LogP contribution < -0.4 is 15.4 Å². The van der Waals surface area contributed by atoms with Gasteiger partial charge >= 0.3 is 11.9 Å². The largest absolute Gasteiger partial charge is 0.496 e. The molecule has 0 saturated carbocycles. The second kappa shape index (κ2) is 15.5. The average Bonchev–Trinajstić information content (AvgIpc) is 3.59. The molecule has 46 heavy (non-hydrogen) atoms. The molecule has 2 amide bonds. The van der Waals surface area contributed by atoms with E-state index in [1.54, 1.807) is 56.5 Å². The molecule has 0 bridgehead atoms. The van der Waals surface area contributed by atoms with E-state index in [-0.39, 0.29) is 40.4 Å². The molecule has 1 unspecified atom stereocenters. The summed E-state index contributed by atoms with van der Waals surface area (Å²) >= 11 is 1.97. The molecule has 0 radical (unpaired) electrons. The predicted molar refractivity (Wildman–Crippen MR) is 170 cm³/mol. The third-order valence-electron chi connectivity index (χ3n) is 6.52. The van der Waals surface area contributed by atoms with E-state index in [1.165, 1.54) is 31.4 Å². The van der Waals surface area contributed by atoms with Crippen molar-refractivity contribution in [1.29, 1.82) is 0 Å². The highest BCUT2D eigenvalue weighted by molar-refractivity contribution is 8.00. The summed E-state index contributed by atoms with van der Waals surface area (Å²) in [5, 5.41) is 13.7. The first-order chi connectivity index (χ1) is 22.1. The summed E-state index contributed by atoms with van der Waals surface area (Å²) < 4.78 is 31.0. The second-order valence-corrected chi connectivity index (χ2v) is 11.9. The van der Waals surface area contributed by atoms with Crippen LogP contribution in [0.2, 0.25) is 0 Å². The van der Waals surface area contributed by atoms with Crippen LogP contribution in [0.1, 0.15) is 62.5 Å². The molecule has 0 spiro atoms. The van der Waals surface area contributed by atoms with Crippen molar-refractivity contribution in [1.82, 2.24) is 20.1 Å². The average molecular weight is 670 g/mol. The number of carbonyl (C=O) groups is 4. The van der Waals surface area contributed by atoms with Crippen LogP contribution in [0.4, 0.5) is 9.39 Å². The summed E-state index contributed by atoms with van der Waals surface area (Å²) in [6.45, 7) is 6.73. The predicted octanol–water partition coefficient (Wildman–Crippen LogP) is 5.19. The van der Waals surface area contributed by atoms with Crippen molar-refractivity contribution < 1.29 is 37.8 Å². The lowest BCUT2D eigenvalue weighted by Crippen LogP contribution is -2.25. The number of esters is 2. The van der Waals surface area contributed by atoms with Crippen LogP contribution >= 0.6 is 23.1 Å². The maximum Gasteiger partial charge on any atom is 0.348 e. The zero-order chi connectivity index (χ0) is 33.4. The number of nitrogens with one attached hydrogen (secondary N) is 2. The number of anilines is 1. The van der Waals surface area contributed by atoms with Gasteiger partial charge in [0, 0.05) is 5.69 Å². The maximum absolute atomic E-state index is 13.8. The lowest BCUT2D eigenvalue weighted by atomic mass is 10.1. The first-order valence-electron chi connectivity index (χ1n) is 14.2. The molecule has 12 nitrogen and oxygen atoms in total. The highest BCUT2D eigenvalue weighted by Gasteiger charge is 2.29. The first kappa shape index (κ1) is 34.1. The van der Waals surface area contributed by atoms with E-state index in [0.29, 0.717) is 28.4 Å². The van der Waals surface area contributed by atoms with E-state index in [4.69, 9.17) is 14.2 Å². The summed E-state index contributed by atoms with van der Waals surface area (Å²) in [5.41, 5.74) is 1.24. The minimum absolute atomic E-state index is 0.0452. The number of ether oxygens (including phenoxy) is 3. The lowest BCUT2D eigenvalue weighted by molar-refractivity contribution is -0.115. The third kappa shape index (κ3) is 7.72. The van der Waals surface area contributed by atoms with Crippen LogP contribution in [-0.2, 0) is 20.8 Å². The molecule has 2 heterocycles. The third-order valence-corrected chi connectivity index (χ3v) is 8.75. The molecule has 0 saturated heterocycles. The molecule has 4 aromatic rings. The normalized spacial score (nSPS) is 11.4. The van der Waals surface area contributed by atoms with Crippen LogP contribution in [0.15, 0.2) is 53.7 Å². The van der Waals surface area contributed by atoms with Gasteiger partial charge < -0.3 is 24.8 Å². The van der Waals surface area contributed by atoms with E-state index >= 15 is 0 Å². The molecule has 0 aliphatic heterocycles. The number of hydrogen-bond acceptors (Lipinski definition) is 11. The van der Waals surface area contributed by atoms with E-state index in [9.17, 15) is 23.6 Å². The van der Waals surface area contributed by atoms with Crippen molar-refractivity contribution in [2.24, 2.45) is 0 Å². The highest BCUT2D eigenvalue weighted by atomic mass is 32.2. The van der Waals surface area contributed by atoms with Gasteiger partial charge in [-0.05, 0) is 69.7 Å². The Morgan fingerprint density at radius 3 is 2.35 bits per heavy atom. The summed E-state index contributed by atoms with van der Waals surface area (Å²) in [4.78, 5) is 51.8. The van der Waals surface area contributed by atoms with Gasteiger partial charge in [-0.15, -0.1) is 21.5 Å². The van der Waals surface area contributed by atoms with Crippen molar-refractivity contribution in [3.05, 3.63) is 81.7 Å². The summed E-state index contributed by atoms with van der Waals surface area (Å²) in [5.74, 6) is -1.92. The summed E-state index contributed by atoms with van der Waals surface area (Å²) in [7, 11) is 1.47. The van der Waals surface area contributed by atoms with Crippen molar-refractivity contribution in [2.75, 3.05) is 25.6 Å². The molecule has 2 aromatic heterocycles. The number of thioether (sulfide) groups is 1. The number of halogens is 1. The van der Waals surface area contributed by atoms with Gasteiger partial charge in [0.15, 0.2) is 11.0 Å². The SMILES string of the molecule is CCOC(=O)c1sc(NC(=O)C(C)Sc2nnc(CNC(=O)c3ccccc3OC)n2-c2ccc(F)cc2)c(C(=O)OCC)c1C. The van der Waals surface area contributed by atoms with Gasteiger partial charge in [0.25, 0.3) is 5.91 Å². The number of methoxy groups -OCH3 is 1. The van der Waals surface area contributed by atoms with Gasteiger partial charge in [0.05, 0.1) is 43.2 Å². The van der Waals surface area contributed by atoms with Crippen LogP contribution in [-0.4, -0.2) is 64.1 Å². The van der Waals surface area contributed by atoms with Crippen LogP contribution in [0, 0.1) is 12.7 Å². The molecule has 15 heteroatoms. The Balaban J connectivity index is 1.59. The Hall–Kier alpha value is -4.76. The number of thiophene rings is 1. The molecule has 0 aliphatic rings. The van der Waals surface area contributed by atoms with Crippen LogP contribution in [0.5, 0.6) is 5.75 Å². The fourth-order valence-corrected chi connectivity index (χ4v) is 6.27. The first-order valence-corrected chi connectivity index (χ1v) is 15.9. The minimum atomic E-state index is -0.789. The van der Waals surface area contributed by atoms with Crippen molar-refractivity contribution in [2.45, 2.75) is 44.6 Å². The Kier molecular flexibility index (Phi) is 11.5. The molecular weight excluding hydrogens is 638 g/mol. The standard InChI is InChI=1S/C31H32FN5O7S2/c1-6-43-29(40)24-17(3)25(30(41)44-7-2)46-28(24)34-26(38)18(4)45-31-36-35-23(37(31)20-14-12-19(32)13-15-20)16-33-27(39)21-10-8-9-11-22(21)42-5/h8-15,18H,6-7,16H2,1-5H3,(H,33,39)(H,34,38). The number of hydrogen-bond donors (Lipinski definition) is 2. The molecular formula is C31H32FN5O7S2. The zero-order valence-corrected chi connectivity index (χ0v) is 27.3. The topological polar surface area (TPSA) is 151 Å². The molecule has 4 rings (SSSR count). The molecule has 2 aromatic carbocycles. The van der Waals surface area contributed by atoms with Crippen molar-refractivity contribution in [3.63, 3.8) is 0 Å². The number of nitrogens with zero attached hydrogens (tertiary/aromatic N) is 3. The molecule has 0 fully saturated rings. The van der Waals surface area contributed by atoms with Gasteiger partial charge in [0.2, 0.25) is 5.91 Å². The molecule has 2 N–H and O–H groups in total. The van der Waals surface area contributed by atoms with Gasteiger partial charge in [-0.2, -0.15) is 0 Å². The second-order valence-electron chi connectivity index (χ2n) is 9.54. The molecule has 0 aliphatic carbocycles. The van der Waals surface area contributed by atoms with Crippen molar-refractivity contribution >= 4 is 51.9 Å². The molecule has 1 atom stereocenters. The fraction of sp³-hybridized carbons (Fsp3) is 0.290. The fourth-order valence-electron chi connectivity index (χ4n) is 4.29. The summed E-state index contributed by atoms with van der Waals surface area (Å²) in [6.07, 6.45) is 0. The monoisotopic (exact) mass is 669 g/mol. The van der Waals surface area contributed by atoms with E-state index in [0.717, 1.165) is 23.1 Å². The number of carbonyl (C=O) groups excluding carboxylic acids is 4. The maximum atomic E-state index is 13.8. The van der Waals surface area contributed by atoms with Crippen molar-refractivity contribution in [3.8, 4) is 11.4 Å². The van der Waals surface area contributed by atoms with Crippen LogP contribution in [0.3, 0.4) is 0 Å². The quantitative estimate of drug-likeness (QED) is 0.144. The van der Waals surface area contributed by atoms with Gasteiger partial charge in [-0.1, -0.05) is 23.9 Å². The molecule has 242 valence electrons. The van der Waals surface area contributed by atoms with Crippen LogP contribution in [0.25, 0.3) is 5.69 Å². The Bertz CT molecular complexity index is 1740.